The van der Waals surface area contributed by atoms with Crippen LogP contribution in [0.25, 0.3) is 0 Å². The van der Waals surface area contributed by atoms with Crippen molar-refractivity contribution < 1.29 is 43.3 Å². The summed E-state index contributed by atoms with van der Waals surface area (Å²) in [4.78, 5) is 81.7. The van der Waals surface area contributed by atoms with Crippen molar-refractivity contribution in [3.05, 3.63) is 45.0 Å². The van der Waals surface area contributed by atoms with Crippen LogP contribution in [-0.4, -0.2) is 108 Å². The zero-order chi connectivity index (χ0) is 29.4. The van der Waals surface area contributed by atoms with E-state index in [2.05, 4.69) is 5.32 Å². The number of ether oxygens (including phenoxy) is 2. The fourth-order valence-electron chi connectivity index (χ4n) is 6.94. The van der Waals surface area contributed by atoms with Crippen LogP contribution < -0.4 is 5.32 Å². The third kappa shape index (κ3) is 3.70. The van der Waals surface area contributed by atoms with Crippen molar-refractivity contribution in [2.24, 2.45) is 0 Å². The second kappa shape index (κ2) is 9.72. The molecule has 1 amide bonds. The van der Waals surface area contributed by atoms with E-state index >= 15 is 0 Å². The number of rotatable bonds is 5. The number of nitrogens with zero attached hydrogens (tertiary/aromatic N) is 2. The highest BCUT2D eigenvalue weighted by Gasteiger charge is 2.59. The Balaban J connectivity index is 1.68. The van der Waals surface area contributed by atoms with E-state index in [1.165, 1.54) is 28.1 Å². The van der Waals surface area contributed by atoms with Crippen molar-refractivity contribution in [3.63, 3.8) is 0 Å². The van der Waals surface area contributed by atoms with Gasteiger partial charge in [-0.25, -0.2) is 0 Å². The van der Waals surface area contributed by atoms with Crippen LogP contribution in [0.2, 0.25) is 0 Å². The zero-order valence-corrected chi connectivity index (χ0v) is 23.1. The number of fused-ring (bicyclic) bond motifs is 5. The van der Waals surface area contributed by atoms with Crippen LogP contribution in [0.15, 0.2) is 45.0 Å². The van der Waals surface area contributed by atoms with Gasteiger partial charge in [0.2, 0.25) is 17.3 Å². The number of likely N-dealkylation sites (N-methyl/N-ethyl adjacent to an activating group) is 1. The van der Waals surface area contributed by atoms with Crippen LogP contribution in [0.4, 0.5) is 0 Å². The molecule has 40 heavy (non-hydrogen) atoms. The number of nitrogens with one attached hydrogen (secondary N) is 1. The van der Waals surface area contributed by atoms with Gasteiger partial charge in [-0.15, -0.1) is 0 Å². The summed E-state index contributed by atoms with van der Waals surface area (Å²) >= 11 is 0. The molecule has 3 aliphatic heterocycles. The molecule has 2 bridgehead atoms. The van der Waals surface area contributed by atoms with Crippen molar-refractivity contribution in [1.29, 1.82) is 0 Å². The van der Waals surface area contributed by atoms with Crippen LogP contribution in [0.5, 0.6) is 0 Å². The van der Waals surface area contributed by atoms with E-state index in [9.17, 15) is 33.9 Å². The van der Waals surface area contributed by atoms with E-state index in [1.807, 2.05) is 4.90 Å². The van der Waals surface area contributed by atoms with Gasteiger partial charge in [0, 0.05) is 52.9 Å². The second-order valence-electron chi connectivity index (χ2n) is 10.7. The predicted molar refractivity (Wildman–Crippen MR) is 137 cm³/mol. The molecule has 12 heteroatoms. The average Bonchev–Trinajstić information content (AvgIpc) is 2.91. The van der Waals surface area contributed by atoms with Gasteiger partial charge >= 0.3 is 0 Å². The third-order valence-electron chi connectivity index (χ3n) is 8.82. The minimum atomic E-state index is -1.24. The summed E-state index contributed by atoms with van der Waals surface area (Å²) in [7, 11) is 4.35. The Morgan fingerprint density at radius 3 is 1.90 bits per heavy atom. The molecule has 3 heterocycles. The van der Waals surface area contributed by atoms with Crippen LogP contribution in [0.3, 0.4) is 0 Å². The number of allylic oxidation sites excluding steroid dienone is 4. The average molecular weight is 554 g/mol. The molecule has 1 fully saturated rings. The fraction of sp³-hybridized carbons (Fsp3) is 0.500. The van der Waals surface area contributed by atoms with Gasteiger partial charge in [-0.1, -0.05) is 0 Å². The molecule has 212 valence electrons. The maximum atomic E-state index is 13.7. The van der Waals surface area contributed by atoms with E-state index in [1.54, 1.807) is 11.9 Å². The first kappa shape index (κ1) is 27.8. The molecule has 2 aliphatic carbocycles. The Bertz CT molecular complexity index is 1430. The summed E-state index contributed by atoms with van der Waals surface area (Å²) in [6.07, 6.45) is -1.18. The first-order valence-electron chi connectivity index (χ1n) is 13.0. The number of aliphatic hydroxyl groups is 1. The molecule has 5 atom stereocenters. The van der Waals surface area contributed by atoms with Crippen molar-refractivity contribution >= 4 is 34.8 Å². The Kier molecular flexibility index (Phi) is 6.76. The van der Waals surface area contributed by atoms with Crippen molar-refractivity contribution in [2.75, 3.05) is 27.8 Å². The van der Waals surface area contributed by atoms with Crippen LogP contribution in [-0.2, 0) is 38.2 Å². The lowest BCUT2D eigenvalue weighted by Crippen LogP contribution is -2.74. The summed E-state index contributed by atoms with van der Waals surface area (Å²) in [6, 6.07) is -3.13. The van der Waals surface area contributed by atoms with Gasteiger partial charge in [-0.3, -0.25) is 38.6 Å². The number of ketones is 5. The van der Waals surface area contributed by atoms with Crippen molar-refractivity contribution in [1.82, 2.24) is 15.1 Å². The van der Waals surface area contributed by atoms with Gasteiger partial charge in [-0.2, -0.15) is 0 Å². The summed E-state index contributed by atoms with van der Waals surface area (Å²) < 4.78 is 10.6. The van der Waals surface area contributed by atoms with E-state index in [-0.39, 0.29) is 64.6 Å². The molecule has 2 N–H and O–H groups in total. The smallest absolute Gasteiger partial charge is 0.287 e. The number of hydrogen-bond acceptors (Lipinski definition) is 11. The number of piperazine rings is 1. The van der Waals surface area contributed by atoms with Gasteiger partial charge in [-0.05, 0) is 33.7 Å². The van der Waals surface area contributed by atoms with Gasteiger partial charge in [0.05, 0.1) is 32.3 Å². The topological polar surface area (TPSA) is 160 Å². The molecule has 5 rings (SSSR count). The monoisotopic (exact) mass is 553 g/mol. The highest BCUT2D eigenvalue weighted by molar-refractivity contribution is 6.35. The fourth-order valence-corrected chi connectivity index (χ4v) is 6.94. The van der Waals surface area contributed by atoms with E-state index in [0.717, 1.165) is 6.92 Å². The Morgan fingerprint density at radius 1 is 0.875 bits per heavy atom. The third-order valence-corrected chi connectivity index (χ3v) is 8.82. The van der Waals surface area contributed by atoms with Gasteiger partial charge in [0.25, 0.3) is 5.91 Å². The molecule has 0 aromatic heterocycles. The van der Waals surface area contributed by atoms with Crippen molar-refractivity contribution in [3.8, 4) is 0 Å². The molecule has 0 unspecified atom stereocenters. The minimum Gasteiger partial charge on any atom is -0.492 e. The number of aliphatic hydroxyl groups excluding tert-OH is 1. The van der Waals surface area contributed by atoms with Crippen LogP contribution in [0, 0.1) is 0 Å². The largest absolute Gasteiger partial charge is 0.492 e. The Morgan fingerprint density at radius 2 is 1.38 bits per heavy atom. The minimum absolute atomic E-state index is 0.00650. The van der Waals surface area contributed by atoms with Crippen molar-refractivity contribution in [2.45, 2.75) is 64.0 Å². The van der Waals surface area contributed by atoms with E-state index in [4.69, 9.17) is 9.47 Å². The molecule has 0 aromatic carbocycles. The molecule has 5 aliphatic rings. The van der Waals surface area contributed by atoms with Crippen LogP contribution >= 0.6 is 0 Å². The SMILES string of the molecule is COC1=C(C)C(=O)C2=C(C1=O)[C@@H]1[C@@H]3CC4=C(C(=O)C(OC)=C(C)C4=O)[C@H](CNC(=O)C(C)=O)N3[C@@H](O)[C@H](C2)N1C. The number of Topliss-reactive ketones (excluding diaryl/α,β-unsaturated/α-hetero) is 5. The lowest BCUT2D eigenvalue weighted by Gasteiger charge is -2.60. The summed E-state index contributed by atoms with van der Waals surface area (Å²) in [6.45, 7) is 3.86. The Hall–Kier alpha value is -3.74. The quantitative estimate of drug-likeness (QED) is 0.327. The lowest BCUT2D eigenvalue weighted by molar-refractivity contribution is -0.161. The normalized spacial score (nSPS) is 30.8. The second-order valence-corrected chi connectivity index (χ2v) is 10.7. The molecule has 0 saturated carbocycles. The first-order chi connectivity index (χ1) is 18.9. The highest BCUT2D eigenvalue weighted by Crippen LogP contribution is 2.48. The maximum absolute atomic E-state index is 13.7. The molecule has 1 saturated heterocycles. The molecule has 0 spiro atoms. The summed E-state index contributed by atoms with van der Waals surface area (Å²) in [5, 5.41) is 14.3. The van der Waals surface area contributed by atoms with Gasteiger partial charge in [0.1, 0.15) is 6.23 Å². The predicted octanol–water partition coefficient (Wildman–Crippen LogP) is -0.723. The lowest BCUT2D eigenvalue weighted by atomic mass is 9.68. The highest BCUT2D eigenvalue weighted by atomic mass is 16.5. The Labute approximate surface area is 230 Å². The first-order valence-corrected chi connectivity index (χ1v) is 13.0. The zero-order valence-electron chi connectivity index (χ0n) is 23.1. The number of carbonyl (C=O) groups is 6. The van der Waals surface area contributed by atoms with E-state index < -0.39 is 59.4 Å². The molecule has 12 nitrogen and oxygen atoms in total. The standard InChI is InChI=1S/C28H31N3O9/c1-10-21(33)13-7-15-20-19-14(22(34)11(2)26(40-6)24(19)36)8-16(30(20)4)28(38)31(15)17(9-29-27(37)12(3)32)18(13)23(35)25(10)39-5/h15-17,20,28,38H,7-9H2,1-6H3,(H,29,37)/t15-,16-,17-,20-,28-/m0/s1. The summed E-state index contributed by atoms with van der Waals surface area (Å²) in [5.41, 5.74) is 1.12. The van der Waals surface area contributed by atoms with Crippen LogP contribution in [0.1, 0.15) is 33.6 Å². The summed E-state index contributed by atoms with van der Waals surface area (Å²) in [5.74, 6) is -3.54. The molecule has 0 aromatic rings. The molecule has 0 radical (unpaired) electrons. The number of methoxy groups -OCH3 is 2. The van der Waals surface area contributed by atoms with E-state index in [0.29, 0.717) is 5.57 Å². The number of amides is 1. The number of carbonyl (C=O) groups excluding carboxylic acids is 6. The van der Waals surface area contributed by atoms with Gasteiger partial charge < -0.3 is 19.9 Å². The van der Waals surface area contributed by atoms with Gasteiger partial charge in [0.15, 0.2) is 23.1 Å². The maximum Gasteiger partial charge on any atom is 0.287 e. The number of hydrogen-bond donors (Lipinski definition) is 2. The molecular weight excluding hydrogens is 522 g/mol. The molecular formula is C28H31N3O9.